The molecular formula is C15H15N7O. The van der Waals surface area contributed by atoms with Crippen LogP contribution in [0.3, 0.4) is 0 Å². The van der Waals surface area contributed by atoms with Crippen molar-refractivity contribution in [1.29, 1.82) is 0 Å². The maximum atomic E-state index is 12.2. The predicted molar refractivity (Wildman–Crippen MR) is 83.1 cm³/mol. The summed E-state index contributed by atoms with van der Waals surface area (Å²) < 4.78 is 1.84. The Labute approximate surface area is 132 Å². The van der Waals surface area contributed by atoms with Crippen molar-refractivity contribution in [3.63, 3.8) is 0 Å². The molecule has 0 bridgehead atoms. The fraction of sp³-hybridized carbons (Fsp3) is 0.267. The number of nitrogens with one attached hydrogen (secondary N) is 1. The highest BCUT2D eigenvalue weighted by molar-refractivity contribution is 5.92. The second-order valence-electron chi connectivity index (χ2n) is 5.43. The first-order chi connectivity index (χ1) is 11.3. The Hall–Kier alpha value is -3.03. The first-order valence-corrected chi connectivity index (χ1v) is 7.42. The van der Waals surface area contributed by atoms with Crippen LogP contribution in [0.15, 0.2) is 43.1 Å². The molecule has 116 valence electrons. The highest BCUT2D eigenvalue weighted by Crippen LogP contribution is 2.21. The van der Waals surface area contributed by atoms with E-state index in [-0.39, 0.29) is 11.9 Å². The number of aromatic nitrogens is 5. The molecule has 1 aliphatic rings. The van der Waals surface area contributed by atoms with Crippen molar-refractivity contribution in [2.24, 2.45) is 0 Å². The minimum Gasteiger partial charge on any atom is -0.351 e. The maximum absolute atomic E-state index is 12.2. The number of carbonyl (C=O) groups excluding carboxylic acids is 1. The summed E-state index contributed by atoms with van der Waals surface area (Å²) in [4.78, 5) is 22.8. The predicted octanol–water partition coefficient (Wildman–Crippen LogP) is 0.528. The molecule has 8 nitrogen and oxygen atoms in total. The van der Waals surface area contributed by atoms with Crippen LogP contribution in [-0.4, -0.2) is 49.6 Å². The summed E-state index contributed by atoms with van der Waals surface area (Å²) in [6, 6.07) is 5.37. The minimum atomic E-state index is -0.147. The normalized spacial score (nSPS) is 17.6. The number of hydrogen-bond donors (Lipinski definition) is 1. The van der Waals surface area contributed by atoms with Gasteiger partial charge in [0.05, 0.1) is 0 Å². The van der Waals surface area contributed by atoms with E-state index < -0.39 is 0 Å². The zero-order valence-electron chi connectivity index (χ0n) is 12.3. The fourth-order valence-electron chi connectivity index (χ4n) is 2.80. The molecule has 0 aromatic carbocycles. The van der Waals surface area contributed by atoms with Gasteiger partial charge in [-0.05, 0) is 18.6 Å². The van der Waals surface area contributed by atoms with Gasteiger partial charge in [-0.25, -0.2) is 4.98 Å². The molecule has 1 N–H and O–H groups in total. The molecule has 0 radical (unpaired) electrons. The van der Waals surface area contributed by atoms with E-state index in [0.717, 1.165) is 24.4 Å². The van der Waals surface area contributed by atoms with Crippen LogP contribution in [0, 0.1) is 0 Å². The second-order valence-corrected chi connectivity index (χ2v) is 5.43. The van der Waals surface area contributed by atoms with E-state index in [1.807, 2.05) is 10.6 Å². The Morgan fingerprint density at radius 2 is 2.22 bits per heavy atom. The fourth-order valence-corrected chi connectivity index (χ4v) is 2.80. The van der Waals surface area contributed by atoms with Crippen LogP contribution in [0.25, 0.3) is 5.65 Å². The van der Waals surface area contributed by atoms with Crippen LogP contribution in [0.2, 0.25) is 0 Å². The second kappa shape index (κ2) is 5.64. The number of pyridine rings is 1. The Bertz CT molecular complexity index is 832. The van der Waals surface area contributed by atoms with Gasteiger partial charge in [-0.3, -0.25) is 14.2 Å². The highest BCUT2D eigenvalue weighted by Gasteiger charge is 2.27. The van der Waals surface area contributed by atoms with E-state index in [4.69, 9.17) is 0 Å². The van der Waals surface area contributed by atoms with Crippen molar-refractivity contribution in [3.8, 4) is 0 Å². The zero-order chi connectivity index (χ0) is 15.6. The molecule has 0 aliphatic carbocycles. The van der Waals surface area contributed by atoms with Gasteiger partial charge in [0.2, 0.25) is 5.65 Å². The van der Waals surface area contributed by atoms with Gasteiger partial charge in [0.15, 0.2) is 5.82 Å². The van der Waals surface area contributed by atoms with E-state index in [9.17, 15) is 4.79 Å². The molecule has 4 rings (SSSR count). The van der Waals surface area contributed by atoms with Crippen molar-refractivity contribution < 1.29 is 4.79 Å². The third-order valence-electron chi connectivity index (χ3n) is 3.92. The number of carbonyl (C=O) groups is 1. The van der Waals surface area contributed by atoms with Crippen LogP contribution in [0.4, 0.5) is 5.82 Å². The lowest BCUT2D eigenvalue weighted by Crippen LogP contribution is -2.37. The average molecular weight is 309 g/mol. The summed E-state index contributed by atoms with van der Waals surface area (Å²) >= 11 is 0. The molecule has 8 heteroatoms. The lowest BCUT2D eigenvalue weighted by molar-refractivity contribution is 0.0935. The molecule has 4 heterocycles. The smallest absolute Gasteiger partial charge is 0.270 e. The van der Waals surface area contributed by atoms with Crippen molar-refractivity contribution in [3.05, 3.63) is 48.8 Å². The van der Waals surface area contributed by atoms with Crippen molar-refractivity contribution in [1.82, 2.24) is 29.9 Å². The summed E-state index contributed by atoms with van der Waals surface area (Å²) in [5.41, 5.74) is 1.16. The molecule has 1 amide bonds. The van der Waals surface area contributed by atoms with Gasteiger partial charge >= 0.3 is 0 Å². The van der Waals surface area contributed by atoms with Crippen molar-refractivity contribution >= 4 is 17.4 Å². The molecule has 0 unspecified atom stereocenters. The molecule has 3 aromatic heterocycles. The van der Waals surface area contributed by atoms with E-state index >= 15 is 0 Å². The number of rotatable bonds is 3. The maximum Gasteiger partial charge on any atom is 0.270 e. The van der Waals surface area contributed by atoms with Gasteiger partial charge < -0.3 is 10.2 Å². The number of nitrogens with zero attached hydrogens (tertiary/aromatic N) is 6. The van der Waals surface area contributed by atoms with Gasteiger partial charge in [-0.15, -0.1) is 10.2 Å². The minimum absolute atomic E-state index is 0.0643. The molecule has 1 saturated heterocycles. The van der Waals surface area contributed by atoms with Gasteiger partial charge in [-0.2, -0.15) is 0 Å². The van der Waals surface area contributed by atoms with E-state index in [1.54, 1.807) is 36.9 Å². The van der Waals surface area contributed by atoms with Crippen molar-refractivity contribution in [2.75, 3.05) is 18.0 Å². The van der Waals surface area contributed by atoms with Gasteiger partial charge in [0.1, 0.15) is 12.0 Å². The first kappa shape index (κ1) is 13.6. The van der Waals surface area contributed by atoms with Crippen LogP contribution in [0.5, 0.6) is 0 Å². The van der Waals surface area contributed by atoms with Crippen LogP contribution >= 0.6 is 0 Å². The van der Waals surface area contributed by atoms with Crippen LogP contribution in [0.1, 0.15) is 16.9 Å². The van der Waals surface area contributed by atoms with Crippen LogP contribution < -0.4 is 10.2 Å². The molecule has 0 spiro atoms. The molecule has 23 heavy (non-hydrogen) atoms. The molecule has 1 fully saturated rings. The summed E-state index contributed by atoms with van der Waals surface area (Å²) in [6.45, 7) is 1.50. The van der Waals surface area contributed by atoms with E-state index in [0.29, 0.717) is 12.2 Å². The highest BCUT2D eigenvalue weighted by atomic mass is 16.1. The third kappa shape index (κ3) is 2.59. The lowest BCUT2D eigenvalue weighted by atomic mass is 10.2. The topological polar surface area (TPSA) is 88.3 Å². The van der Waals surface area contributed by atoms with Gasteiger partial charge in [0, 0.05) is 37.7 Å². The van der Waals surface area contributed by atoms with E-state index in [2.05, 4.69) is 30.4 Å². The quantitative estimate of drug-likeness (QED) is 0.759. The Morgan fingerprint density at radius 1 is 1.26 bits per heavy atom. The summed E-state index contributed by atoms with van der Waals surface area (Å²) in [6.07, 6.45) is 7.67. The van der Waals surface area contributed by atoms with Gasteiger partial charge in [-0.1, -0.05) is 6.07 Å². The van der Waals surface area contributed by atoms with E-state index in [1.165, 1.54) is 0 Å². The Kier molecular flexibility index (Phi) is 3.34. The van der Waals surface area contributed by atoms with Gasteiger partial charge in [0.25, 0.3) is 5.91 Å². The molecule has 0 saturated carbocycles. The number of hydrogen-bond acceptors (Lipinski definition) is 6. The Balaban J connectivity index is 1.47. The average Bonchev–Trinajstić information content (AvgIpc) is 3.24. The molecule has 1 atom stereocenters. The SMILES string of the molecule is O=C(N[C@H]1CCN(c2nccn3cnnc23)C1)c1ccccn1. The first-order valence-electron chi connectivity index (χ1n) is 7.42. The summed E-state index contributed by atoms with van der Waals surface area (Å²) in [5.74, 6) is 0.644. The number of anilines is 1. The summed E-state index contributed by atoms with van der Waals surface area (Å²) in [5, 5.41) is 11.0. The standard InChI is InChI=1S/C15H15N7O/c23-15(12-3-1-2-5-16-12)19-11-4-7-21(9-11)13-14-20-18-10-22(14)8-6-17-13/h1-3,5-6,8,10-11H,4,7,9H2,(H,19,23)/t11-/m0/s1. The van der Waals surface area contributed by atoms with Crippen molar-refractivity contribution in [2.45, 2.75) is 12.5 Å². The van der Waals surface area contributed by atoms with Crippen LogP contribution in [-0.2, 0) is 0 Å². The molecule has 3 aromatic rings. The Morgan fingerprint density at radius 3 is 3.09 bits per heavy atom. The number of fused-ring (bicyclic) bond motifs is 1. The number of amides is 1. The lowest BCUT2D eigenvalue weighted by Gasteiger charge is -2.18. The largest absolute Gasteiger partial charge is 0.351 e. The summed E-state index contributed by atoms with van der Waals surface area (Å²) in [7, 11) is 0. The zero-order valence-corrected chi connectivity index (χ0v) is 12.3. The monoisotopic (exact) mass is 309 g/mol. The third-order valence-corrected chi connectivity index (χ3v) is 3.92. The molecule has 1 aliphatic heterocycles. The molecular weight excluding hydrogens is 294 g/mol.